The highest BCUT2D eigenvalue weighted by atomic mass is 32.2. The molecular formula is C23H33FN4O6S. The summed E-state index contributed by atoms with van der Waals surface area (Å²) in [6.45, 7) is 3.71. The maximum Gasteiger partial charge on any atom is 0.305 e. The molecule has 35 heavy (non-hydrogen) atoms. The minimum absolute atomic E-state index is 0.0601. The summed E-state index contributed by atoms with van der Waals surface area (Å²) in [7, 11) is -0.826. The van der Waals surface area contributed by atoms with Gasteiger partial charge in [0.1, 0.15) is 5.82 Å². The van der Waals surface area contributed by atoms with Crippen molar-refractivity contribution in [3.63, 3.8) is 0 Å². The summed E-state index contributed by atoms with van der Waals surface area (Å²) >= 11 is 0. The summed E-state index contributed by atoms with van der Waals surface area (Å²) in [5.74, 6) is -1.87. The fourth-order valence-corrected chi connectivity index (χ4v) is 3.42. The van der Waals surface area contributed by atoms with Gasteiger partial charge in [0.15, 0.2) is 0 Å². The monoisotopic (exact) mass is 512 g/mol. The van der Waals surface area contributed by atoms with E-state index in [0.717, 1.165) is 10.6 Å². The second-order valence-corrected chi connectivity index (χ2v) is 9.99. The highest BCUT2D eigenvalue weighted by Crippen LogP contribution is 2.31. The number of carbonyl (C=O) groups is 1. The molecule has 10 nitrogen and oxygen atoms in total. The fourth-order valence-electron chi connectivity index (χ4n) is 3.05. The Hall–Kier alpha value is -2.93. The lowest BCUT2D eigenvalue weighted by molar-refractivity contribution is -0.139. The van der Waals surface area contributed by atoms with Crippen LogP contribution in [0.2, 0.25) is 0 Å². The Bertz CT molecular complexity index is 1120. The number of carboxylic acid groups (broad SMARTS) is 1. The first-order chi connectivity index (χ1) is 16.3. The number of nitrogens with two attached hydrogens (primary N) is 1. The van der Waals surface area contributed by atoms with E-state index in [1.165, 1.54) is 50.5 Å². The van der Waals surface area contributed by atoms with E-state index < -0.39 is 40.4 Å². The van der Waals surface area contributed by atoms with Gasteiger partial charge in [-0.2, -0.15) is 0 Å². The molecule has 0 aliphatic rings. The van der Waals surface area contributed by atoms with E-state index in [9.17, 15) is 27.8 Å². The molecular weight excluding hydrogens is 479 g/mol. The number of aromatic nitrogens is 2. The fraction of sp³-hybridized carbons (Fsp3) is 0.435. The molecule has 0 bridgehead atoms. The van der Waals surface area contributed by atoms with E-state index in [-0.39, 0.29) is 18.3 Å². The van der Waals surface area contributed by atoms with E-state index >= 15 is 0 Å². The van der Waals surface area contributed by atoms with Gasteiger partial charge in [0.25, 0.3) is 0 Å². The minimum Gasteiger partial charge on any atom is -0.481 e. The largest absolute Gasteiger partial charge is 0.481 e. The number of hydrogen-bond acceptors (Lipinski definition) is 8. The van der Waals surface area contributed by atoms with Gasteiger partial charge >= 0.3 is 5.97 Å². The topological polar surface area (TPSA) is 167 Å². The number of hydrogen-bond donors (Lipinski definition) is 4. The number of rotatable bonds is 10. The van der Waals surface area contributed by atoms with Crippen LogP contribution in [-0.2, 0) is 14.8 Å². The minimum atomic E-state index is -3.65. The first-order valence-electron chi connectivity index (χ1n) is 10.7. The van der Waals surface area contributed by atoms with Gasteiger partial charge in [-0.05, 0) is 37.2 Å². The van der Waals surface area contributed by atoms with Gasteiger partial charge in [0, 0.05) is 24.6 Å². The van der Waals surface area contributed by atoms with Gasteiger partial charge in [0.2, 0.25) is 16.0 Å². The predicted octanol–water partition coefficient (Wildman–Crippen LogP) is 1.98. The van der Waals surface area contributed by atoms with Gasteiger partial charge in [-0.1, -0.05) is 26.0 Å². The Kier molecular flexibility index (Phi) is 11.4. The molecule has 0 fully saturated rings. The Morgan fingerprint density at radius 2 is 1.74 bits per heavy atom. The van der Waals surface area contributed by atoms with Crippen molar-refractivity contribution in [3.05, 3.63) is 47.4 Å². The number of anilines is 1. The highest BCUT2D eigenvalue weighted by Gasteiger charge is 2.22. The lowest BCUT2D eigenvalue weighted by Crippen LogP contribution is -2.27. The lowest BCUT2D eigenvalue weighted by atomic mass is 9.97. The average molecular weight is 513 g/mol. The normalized spacial score (nSPS) is 13.3. The van der Waals surface area contributed by atoms with Crippen LogP contribution in [0.4, 0.5) is 10.3 Å². The van der Waals surface area contributed by atoms with Gasteiger partial charge in [-0.15, -0.1) is 0 Å². The van der Waals surface area contributed by atoms with Crippen LogP contribution in [0.15, 0.2) is 30.3 Å². The van der Waals surface area contributed by atoms with E-state index in [1.54, 1.807) is 0 Å². The molecule has 2 atom stereocenters. The Balaban J connectivity index is 0.00000298. The predicted molar refractivity (Wildman–Crippen MR) is 133 cm³/mol. The number of aliphatic hydroxyl groups is 2. The first kappa shape index (κ1) is 30.1. The summed E-state index contributed by atoms with van der Waals surface area (Å²) in [6, 6.07) is 5.49. The van der Waals surface area contributed by atoms with Crippen LogP contribution in [0.25, 0.3) is 17.3 Å². The lowest BCUT2D eigenvalue weighted by Gasteiger charge is -2.20. The maximum atomic E-state index is 13.5. The summed E-state index contributed by atoms with van der Waals surface area (Å²) in [5.41, 5.74) is 6.30. The van der Waals surface area contributed by atoms with Crippen LogP contribution < -0.4 is 10.0 Å². The number of halogens is 1. The second kappa shape index (κ2) is 13.2. The maximum absolute atomic E-state index is 13.5. The van der Waals surface area contributed by atoms with Crippen LogP contribution in [0, 0.1) is 5.82 Å². The molecule has 0 saturated carbocycles. The molecule has 0 aliphatic carbocycles. The quantitative estimate of drug-likeness (QED) is 0.372. The van der Waals surface area contributed by atoms with Crippen molar-refractivity contribution in [2.45, 2.75) is 44.8 Å². The molecule has 5 N–H and O–H groups in total. The average Bonchev–Trinajstić information content (AvgIpc) is 2.77. The number of benzene rings is 1. The number of nitrogens with zero attached hydrogens (tertiary/aromatic N) is 3. The highest BCUT2D eigenvalue weighted by molar-refractivity contribution is 7.92. The number of carboxylic acids is 1. The van der Waals surface area contributed by atoms with Gasteiger partial charge in [-0.25, -0.2) is 27.1 Å². The van der Waals surface area contributed by atoms with Crippen LogP contribution >= 0.6 is 0 Å². The Morgan fingerprint density at radius 1 is 1.17 bits per heavy atom. The standard InChI is InChI=1S/C22H28FN3O6S.CH5N/c1-13(2)20-18(10-9-16(27)11-17(28)12-19(29)30)21(14-5-7-15(23)8-6-14)25-22(24-20)26(3)33(4,31)32;1-2/h5-10,13,16-17,27-28H,11-12H2,1-4H3,(H,29,30);2H2,1H3/t16-,17-;/m1./s1. The van der Waals surface area contributed by atoms with E-state index in [2.05, 4.69) is 15.7 Å². The third-order valence-corrected chi connectivity index (χ3v) is 5.97. The molecule has 2 rings (SSSR count). The van der Waals surface area contributed by atoms with E-state index in [0.29, 0.717) is 22.5 Å². The molecule has 1 aromatic carbocycles. The molecule has 0 unspecified atom stereocenters. The van der Waals surface area contributed by atoms with Crippen molar-refractivity contribution in [2.24, 2.45) is 5.73 Å². The molecule has 194 valence electrons. The van der Waals surface area contributed by atoms with Crippen molar-refractivity contribution in [1.82, 2.24) is 9.97 Å². The molecule has 1 aromatic heterocycles. The zero-order valence-electron chi connectivity index (χ0n) is 20.4. The van der Waals surface area contributed by atoms with Crippen LogP contribution in [-0.4, -0.2) is 72.2 Å². The second-order valence-electron chi connectivity index (χ2n) is 7.98. The number of sulfonamides is 1. The summed E-state index contributed by atoms with van der Waals surface area (Å²) in [6.07, 6.45) is 0.860. The molecule has 0 amide bonds. The molecule has 0 saturated heterocycles. The summed E-state index contributed by atoms with van der Waals surface area (Å²) in [5, 5.41) is 28.8. The van der Waals surface area contributed by atoms with Crippen molar-refractivity contribution < 1.29 is 32.9 Å². The smallest absolute Gasteiger partial charge is 0.305 e. The zero-order chi connectivity index (χ0) is 26.9. The Morgan fingerprint density at radius 3 is 2.23 bits per heavy atom. The van der Waals surface area contributed by atoms with E-state index in [4.69, 9.17) is 5.11 Å². The van der Waals surface area contributed by atoms with Crippen LogP contribution in [0.3, 0.4) is 0 Å². The van der Waals surface area contributed by atoms with Gasteiger partial charge < -0.3 is 21.1 Å². The SMILES string of the molecule is CC(C)c1nc(N(C)S(C)(=O)=O)nc(-c2ccc(F)cc2)c1C=C[C@@H](O)C[C@@H](O)CC(=O)O.CN. The van der Waals surface area contributed by atoms with Crippen molar-refractivity contribution in [2.75, 3.05) is 24.7 Å². The molecule has 0 spiro atoms. The third-order valence-electron chi connectivity index (χ3n) is 4.82. The molecule has 0 aliphatic heterocycles. The summed E-state index contributed by atoms with van der Waals surface area (Å²) in [4.78, 5) is 19.6. The van der Waals surface area contributed by atoms with Crippen LogP contribution in [0.5, 0.6) is 0 Å². The zero-order valence-corrected chi connectivity index (χ0v) is 21.2. The first-order valence-corrected chi connectivity index (χ1v) is 12.6. The summed E-state index contributed by atoms with van der Waals surface area (Å²) < 4.78 is 38.6. The number of aliphatic carboxylic acids is 1. The molecule has 12 heteroatoms. The van der Waals surface area contributed by atoms with Crippen molar-refractivity contribution >= 4 is 28.0 Å². The van der Waals surface area contributed by atoms with Gasteiger partial charge in [-0.3, -0.25) is 4.79 Å². The van der Waals surface area contributed by atoms with Crippen molar-refractivity contribution in [1.29, 1.82) is 0 Å². The third kappa shape index (κ3) is 8.98. The number of aliphatic hydroxyl groups excluding tert-OH is 2. The molecule has 0 radical (unpaired) electrons. The Labute approximate surface area is 205 Å². The molecule has 2 aromatic rings. The van der Waals surface area contributed by atoms with Crippen molar-refractivity contribution in [3.8, 4) is 11.3 Å². The van der Waals surface area contributed by atoms with E-state index in [1.807, 2.05) is 13.8 Å². The van der Waals surface area contributed by atoms with Crippen LogP contribution in [0.1, 0.15) is 43.9 Å². The van der Waals surface area contributed by atoms with Gasteiger partial charge in [0.05, 0.1) is 36.3 Å². The molecule has 1 heterocycles.